The molecule has 0 aliphatic rings. The number of aromatic nitrogens is 2. The molecule has 3 nitrogen and oxygen atoms in total. The lowest BCUT2D eigenvalue weighted by Crippen LogP contribution is -2.04. The number of imidazole rings is 1. The summed E-state index contributed by atoms with van der Waals surface area (Å²) in [6.45, 7) is 0.679. The van der Waals surface area contributed by atoms with Crippen LogP contribution in [-0.4, -0.2) is 15.9 Å². The minimum Gasteiger partial charge on any atom is -0.330 e. The van der Waals surface area contributed by atoms with Crippen molar-refractivity contribution in [3.8, 4) is 10.6 Å². The van der Waals surface area contributed by atoms with Crippen molar-refractivity contribution in [2.75, 3.05) is 6.54 Å². The van der Waals surface area contributed by atoms with Gasteiger partial charge in [-0.25, -0.2) is 4.98 Å². The summed E-state index contributed by atoms with van der Waals surface area (Å²) in [5.74, 6) is 0. The van der Waals surface area contributed by atoms with E-state index in [9.17, 15) is 0 Å². The molecule has 82 valence electrons. The van der Waals surface area contributed by atoms with Gasteiger partial charge in [0.05, 0.1) is 4.88 Å². The minimum atomic E-state index is 0.679. The summed E-state index contributed by atoms with van der Waals surface area (Å²) in [5, 5.41) is 4.21. The Bertz CT molecular complexity index is 592. The van der Waals surface area contributed by atoms with E-state index in [1.54, 1.807) is 22.7 Å². The number of hydrogen-bond acceptors (Lipinski definition) is 4. The Labute approximate surface area is 101 Å². The summed E-state index contributed by atoms with van der Waals surface area (Å²) in [7, 11) is 0. The average molecular weight is 249 g/mol. The first-order chi connectivity index (χ1) is 7.88. The second kappa shape index (κ2) is 4.01. The fourth-order valence-corrected chi connectivity index (χ4v) is 3.29. The van der Waals surface area contributed by atoms with E-state index in [4.69, 9.17) is 5.73 Å². The molecule has 0 bridgehead atoms. The number of thiophene rings is 1. The van der Waals surface area contributed by atoms with E-state index >= 15 is 0 Å². The molecular formula is C11H11N3S2. The van der Waals surface area contributed by atoms with Gasteiger partial charge in [-0.2, -0.15) is 0 Å². The highest BCUT2D eigenvalue weighted by Gasteiger charge is 2.09. The largest absolute Gasteiger partial charge is 0.330 e. The average Bonchev–Trinajstić information content (AvgIpc) is 2.93. The molecule has 0 aromatic carbocycles. The quantitative estimate of drug-likeness (QED) is 0.775. The number of hydrogen-bond donors (Lipinski definition) is 1. The van der Waals surface area contributed by atoms with Gasteiger partial charge in [-0.15, -0.1) is 22.7 Å². The predicted molar refractivity (Wildman–Crippen MR) is 69.1 cm³/mol. The Morgan fingerprint density at radius 2 is 2.31 bits per heavy atom. The van der Waals surface area contributed by atoms with Crippen LogP contribution in [0.25, 0.3) is 15.5 Å². The van der Waals surface area contributed by atoms with Gasteiger partial charge in [-0.1, -0.05) is 6.07 Å². The van der Waals surface area contributed by atoms with E-state index in [0.29, 0.717) is 6.54 Å². The molecular weight excluding hydrogens is 238 g/mol. The summed E-state index contributed by atoms with van der Waals surface area (Å²) in [6, 6.07) is 4.15. The van der Waals surface area contributed by atoms with Crippen LogP contribution < -0.4 is 5.73 Å². The van der Waals surface area contributed by atoms with Crippen LogP contribution in [0.3, 0.4) is 0 Å². The summed E-state index contributed by atoms with van der Waals surface area (Å²) in [6.07, 6.45) is 3.00. The number of rotatable bonds is 3. The van der Waals surface area contributed by atoms with E-state index in [2.05, 4.69) is 32.4 Å². The van der Waals surface area contributed by atoms with Crippen LogP contribution in [0.15, 0.2) is 29.1 Å². The topological polar surface area (TPSA) is 43.3 Å². The van der Waals surface area contributed by atoms with Crippen LogP contribution in [0.1, 0.15) is 5.69 Å². The zero-order valence-corrected chi connectivity index (χ0v) is 10.2. The lowest BCUT2D eigenvalue weighted by molar-refractivity contribution is 0.909. The van der Waals surface area contributed by atoms with Crippen molar-refractivity contribution in [1.29, 1.82) is 0 Å². The Morgan fingerprint density at radius 1 is 1.38 bits per heavy atom. The minimum absolute atomic E-state index is 0.679. The third-order valence-corrected chi connectivity index (χ3v) is 4.24. The predicted octanol–water partition coefficient (Wildman–Crippen LogP) is 2.63. The molecule has 0 saturated heterocycles. The monoisotopic (exact) mass is 249 g/mol. The van der Waals surface area contributed by atoms with Crippen molar-refractivity contribution >= 4 is 27.6 Å². The summed E-state index contributed by atoms with van der Waals surface area (Å²) in [4.78, 5) is 6.87. The third kappa shape index (κ3) is 1.57. The molecule has 0 fully saturated rings. The van der Waals surface area contributed by atoms with Gasteiger partial charge in [0.15, 0.2) is 4.96 Å². The molecule has 3 aromatic rings. The van der Waals surface area contributed by atoms with Gasteiger partial charge in [0.25, 0.3) is 0 Å². The number of thiazole rings is 1. The van der Waals surface area contributed by atoms with E-state index in [1.165, 1.54) is 10.6 Å². The van der Waals surface area contributed by atoms with Crippen LogP contribution in [-0.2, 0) is 6.42 Å². The fraction of sp³-hybridized carbons (Fsp3) is 0.182. The first kappa shape index (κ1) is 10.0. The molecule has 2 N–H and O–H groups in total. The Hall–Kier alpha value is -1.17. The van der Waals surface area contributed by atoms with Gasteiger partial charge in [-0.3, -0.25) is 4.40 Å². The van der Waals surface area contributed by atoms with Crippen molar-refractivity contribution < 1.29 is 0 Å². The number of fused-ring (bicyclic) bond motifs is 1. The summed E-state index contributed by atoms with van der Waals surface area (Å²) in [5.41, 5.74) is 7.89. The molecule has 0 unspecified atom stereocenters. The van der Waals surface area contributed by atoms with Crippen LogP contribution in [0.5, 0.6) is 0 Å². The van der Waals surface area contributed by atoms with Crippen LogP contribution in [0.2, 0.25) is 0 Å². The molecule has 0 spiro atoms. The SMILES string of the molecule is NCCc1csc2nc(-c3cccs3)cn12. The maximum atomic E-state index is 5.59. The van der Waals surface area contributed by atoms with Gasteiger partial charge in [0.2, 0.25) is 0 Å². The van der Waals surface area contributed by atoms with Crippen molar-refractivity contribution in [2.45, 2.75) is 6.42 Å². The maximum Gasteiger partial charge on any atom is 0.194 e. The molecule has 3 rings (SSSR count). The van der Waals surface area contributed by atoms with E-state index in [1.807, 2.05) is 6.07 Å². The highest BCUT2D eigenvalue weighted by atomic mass is 32.1. The molecule has 0 saturated carbocycles. The van der Waals surface area contributed by atoms with Crippen LogP contribution >= 0.6 is 22.7 Å². The molecule has 0 atom stereocenters. The zero-order valence-electron chi connectivity index (χ0n) is 8.59. The second-order valence-electron chi connectivity index (χ2n) is 3.52. The van der Waals surface area contributed by atoms with Crippen molar-refractivity contribution in [3.05, 3.63) is 34.8 Å². The Balaban J connectivity index is 2.09. The molecule has 0 aliphatic heterocycles. The molecule has 0 aliphatic carbocycles. The highest BCUT2D eigenvalue weighted by Crippen LogP contribution is 2.26. The van der Waals surface area contributed by atoms with Crippen molar-refractivity contribution in [1.82, 2.24) is 9.38 Å². The summed E-state index contributed by atoms with van der Waals surface area (Å²) >= 11 is 3.39. The molecule has 0 radical (unpaired) electrons. The first-order valence-electron chi connectivity index (χ1n) is 5.08. The van der Waals surface area contributed by atoms with Gasteiger partial charge in [0, 0.05) is 23.7 Å². The summed E-state index contributed by atoms with van der Waals surface area (Å²) < 4.78 is 2.15. The molecule has 3 aromatic heterocycles. The zero-order chi connectivity index (χ0) is 11.0. The standard InChI is InChI=1S/C11H11N3S2/c12-4-3-8-7-16-11-13-9(6-14(8)11)10-2-1-5-15-10/h1-2,5-7H,3-4,12H2. The van der Waals surface area contributed by atoms with Crippen LogP contribution in [0, 0.1) is 0 Å². The molecule has 0 amide bonds. The third-order valence-electron chi connectivity index (χ3n) is 2.46. The second-order valence-corrected chi connectivity index (χ2v) is 5.31. The molecule has 5 heteroatoms. The van der Waals surface area contributed by atoms with Gasteiger partial charge < -0.3 is 5.73 Å². The lowest BCUT2D eigenvalue weighted by Gasteiger charge is -1.94. The van der Waals surface area contributed by atoms with Gasteiger partial charge >= 0.3 is 0 Å². The van der Waals surface area contributed by atoms with Gasteiger partial charge in [-0.05, 0) is 18.0 Å². The van der Waals surface area contributed by atoms with Crippen LogP contribution in [0.4, 0.5) is 0 Å². The maximum absolute atomic E-state index is 5.59. The lowest BCUT2D eigenvalue weighted by atomic mass is 10.3. The number of nitrogens with two attached hydrogens (primary N) is 1. The van der Waals surface area contributed by atoms with E-state index in [0.717, 1.165) is 17.1 Å². The fourth-order valence-electron chi connectivity index (χ4n) is 1.70. The van der Waals surface area contributed by atoms with Gasteiger partial charge in [0.1, 0.15) is 5.69 Å². The van der Waals surface area contributed by atoms with E-state index < -0.39 is 0 Å². The molecule has 3 heterocycles. The first-order valence-corrected chi connectivity index (χ1v) is 6.84. The highest BCUT2D eigenvalue weighted by molar-refractivity contribution is 7.15. The van der Waals surface area contributed by atoms with Crippen molar-refractivity contribution in [2.24, 2.45) is 5.73 Å². The Kier molecular flexibility index (Phi) is 2.51. The normalized spacial score (nSPS) is 11.3. The number of nitrogens with zero attached hydrogens (tertiary/aromatic N) is 2. The van der Waals surface area contributed by atoms with Crippen molar-refractivity contribution in [3.63, 3.8) is 0 Å². The van der Waals surface area contributed by atoms with E-state index in [-0.39, 0.29) is 0 Å². The molecule has 16 heavy (non-hydrogen) atoms. The smallest absolute Gasteiger partial charge is 0.194 e. The Morgan fingerprint density at radius 3 is 3.06 bits per heavy atom.